The van der Waals surface area contributed by atoms with E-state index < -0.39 is 24.5 Å². The highest BCUT2D eigenvalue weighted by molar-refractivity contribution is 6.10. The summed E-state index contributed by atoms with van der Waals surface area (Å²) < 4.78 is 59.5. The number of aryl methyl sites for hydroxylation is 4. The first-order valence-corrected chi connectivity index (χ1v) is 14.9. The highest BCUT2D eigenvalue weighted by Gasteiger charge is 2.26. The minimum Gasteiger partial charge on any atom is -0.456 e. The largest absolute Gasteiger partial charge is 0.456 e. The van der Waals surface area contributed by atoms with Gasteiger partial charge in [0, 0.05) is 47.0 Å². The van der Waals surface area contributed by atoms with Gasteiger partial charge in [-0.1, -0.05) is 77.9 Å². The lowest BCUT2D eigenvalue weighted by Gasteiger charge is -2.23. The Morgan fingerprint density at radius 3 is 2.11 bits per heavy atom. The summed E-state index contributed by atoms with van der Waals surface area (Å²) in [5, 5.41) is 1.70. The summed E-state index contributed by atoms with van der Waals surface area (Å²) in [5.74, 6) is 1.52. The summed E-state index contributed by atoms with van der Waals surface area (Å²) in [5.41, 5.74) is 4.07. The number of benzene rings is 3. The third-order valence-electron chi connectivity index (χ3n) is 8.04. The first-order chi connectivity index (χ1) is 23.6. The predicted molar refractivity (Wildman–Crippen MR) is 182 cm³/mol. The molecule has 6 heteroatoms. The fraction of sp³-hybridized carbons (Fsp3) is 0.308. The van der Waals surface area contributed by atoms with Gasteiger partial charge >= 0.3 is 0 Å². The Labute approximate surface area is 274 Å². The van der Waals surface area contributed by atoms with Gasteiger partial charge in [0.2, 0.25) is 5.69 Å². The van der Waals surface area contributed by atoms with Crippen molar-refractivity contribution >= 4 is 27.6 Å². The molecule has 0 unspecified atom stereocenters. The van der Waals surface area contributed by atoms with E-state index in [1.165, 1.54) is 0 Å². The van der Waals surface area contributed by atoms with Crippen molar-refractivity contribution in [3.63, 3.8) is 0 Å². The number of nitrogens with zero attached hydrogens (tertiary/aromatic N) is 5. The first-order valence-electron chi connectivity index (χ1n) is 17.9. The second kappa shape index (κ2) is 10.6. The number of aromatic nitrogens is 4. The van der Waals surface area contributed by atoms with Gasteiger partial charge in [0.1, 0.15) is 29.9 Å². The van der Waals surface area contributed by atoms with E-state index in [1.54, 1.807) is 54.2 Å². The Balaban J connectivity index is 1.64. The van der Waals surface area contributed by atoms with E-state index in [0.29, 0.717) is 45.6 Å². The highest BCUT2D eigenvalue weighted by Crippen LogP contribution is 2.40. The maximum Gasteiger partial charge on any atom is 0.216 e. The molecule has 0 saturated heterocycles. The summed E-state index contributed by atoms with van der Waals surface area (Å²) in [6.07, 6.45) is 1.55. The average molecular weight is 601 g/mol. The van der Waals surface area contributed by atoms with Crippen molar-refractivity contribution in [3.05, 3.63) is 101 Å². The normalized spacial score (nSPS) is 14.7. The molecule has 45 heavy (non-hydrogen) atoms. The van der Waals surface area contributed by atoms with Gasteiger partial charge in [0.15, 0.2) is 17.7 Å². The van der Waals surface area contributed by atoms with Crippen molar-refractivity contribution in [3.8, 4) is 33.8 Å². The van der Waals surface area contributed by atoms with Crippen molar-refractivity contribution in [1.29, 1.82) is 0 Å². The summed E-state index contributed by atoms with van der Waals surface area (Å²) in [6, 6.07) is 15.9. The fourth-order valence-electron chi connectivity index (χ4n) is 5.53. The van der Waals surface area contributed by atoms with Crippen LogP contribution in [-0.4, -0.2) is 15.0 Å². The molecule has 0 N–H and O–H groups in total. The molecular weight excluding hydrogens is 554 g/mol. The molecule has 226 valence electrons. The third-order valence-corrected chi connectivity index (χ3v) is 8.04. The van der Waals surface area contributed by atoms with Gasteiger partial charge < -0.3 is 4.42 Å². The summed E-state index contributed by atoms with van der Waals surface area (Å²) >= 11 is 0. The van der Waals surface area contributed by atoms with Crippen LogP contribution in [0.1, 0.15) is 78.1 Å². The molecule has 0 saturated carbocycles. The maximum atomic E-state index is 8.63. The van der Waals surface area contributed by atoms with Crippen LogP contribution in [0.25, 0.3) is 60.6 Å². The number of hydrogen-bond donors (Lipinski definition) is 0. The molecule has 0 spiro atoms. The molecule has 0 radical (unpaired) electrons. The van der Waals surface area contributed by atoms with Gasteiger partial charge in [0.25, 0.3) is 0 Å². The minimum absolute atomic E-state index is 0.00771. The quantitative estimate of drug-likeness (QED) is 0.150. The number of rotatable bonds is 3. The zero-order valence-corrected chi connectivity index (χ0v) is 26.9. The van der Waals surface area contributed by atoms with E-state index in [-0.39, 0.29) is 22.3 Å². The van der Waals surface area contributed by atoms with Crippen LogP contribution in [0.4, 0.5) is 5.69 Å². The minimum atomic E-state index is -2.61. The van der Waals surface area contributed by atoms with E-state index >= 15 is 0 Å². The van der Waals surface area contributed by atoms with Gasteiger partial charge in [-0.2, -0.15) is 0 Å². The van der Waals surface area contributed by atoms with E-state index in [1.807, 2.05) is 66.7 Å². The number of fused-ring (bicyclic) bond motifs is 3. The van der Waals surface area contributed by atoms with E-state index in [2.05, 4.69) is 4.85 Å². The lowest BCUT2D eigenvalue weighted by molar-refractivity contribution is -0.660. The van der Waals surface area contributed by atoms with Crippen molar-refractivity contribution in [2.75, 3.05) is 0 Å². The van der Waals surface area contributed by atoms with Crippen LogP contribution in [0.15, 0.2) is 65.2 Å². The molecule has 0 aliphatic heterocycles. The van der Waals surface area contributed by atoms with Crippen LogP contribution in [0.5, 0.6) is 0 Å². The molecule has 3 aromatic carbocycles. The second-order valence-corrected chi connectivity index (χ2v) is 13.7. The van der Waals surface area contributed by atoms with Gasteiger partial charge in [0.05, 0.1) is 12.1 Å². The first kappa shape index (κ1) is 23.5. The predicted octanol–water partition coefficient (Wildman–Crippen LogP) is 9.67. The van der Waals surface area contributed by atoms with E-state index in [4.69, 9.17) is 34.2 Å². The molecular formula is C39H40N5O+. The lowest BCUT2D eigenvalue weighted by Crippen LogP contribution is -2.31. The Hall–Kier alpha value is -4.89. The highest BCUT2D eigenvalue weighted by atomic mass is 16.3. The monoisotopic (exact) mass is 600 g/mol. The van der Waals surface area contributed by atoms with Crippen molar-refractivity contribution in [2.24, 2.45) is 7.05 Å². The van der Waals surface area contributed by atoms with Gasteiger partial charge in [-0.25, -0.2) is 24.4 Å². The molecule has 6 nitrogen and oxygen atoms in total. The van der Waals surface area contributed by atoms with Gasteiger partial charge in [-0.3, -0.25) is 0 Å². The molecule has 0 atom stereocenters. The molecule has 0 amide bonds. The SMILES string of the molecule is [2H]C([2H])([2H])c1cc(-c2nc(C(C)(C)C)nc(C(C)(C)C)n2)ccc1-c1cc(-c2c(C)ccc3c2oc2cc([N+]#[C-])ccc23)[n+](C)cc1C([2H])([2H])[2H]. The van der Waals surface area contributed by atoms with Crippen LogP contribution in [0.3, 0.4) is 0 Å². The average Bonchev–Trinajstić information content (AvgIpc) is 3.40. The van der Waals surface area contributed by atoms with Crippen molar-refractivity contribution < 1.29 is 17.2 Å². The van der Waals surface area contributed by atoms with Crippen molar-refractivity contribution in [2.45, 2.75) is 73.0 Å². The van der Waals surface area contributed by atoms with E-state index in [9.17, 15) is 0 Å². The van der Waals surface area contributed by atoms with Crippen molar-refractivity contribution in [1.82, 2.24) is 15.0 Å². The molecule has 6 aromatic rings. The van der Waals surface area contributed by atoms with Crippen LogP contribution >= 0.6 is 0 Å². The summed E-state index contributed by atoms with van der Waals surface area (Å²) in [4.78, 5) is 17.9. The third kappa shape index (κ3) is 5.37. The summed E-state index contributed by atoms with van der Waals surface area (Å²) in [7, 11) is 1.76. The molecule has 0 aliphatic rings. The zero-order chi connectivity index (χ0) is 37.4. The zero-order valence-electron chi connectivity index (χ0n) is 32.9. The summed E-state index contributed by atoms with van der Waals surface area (Å²) in [6.45, 7) is 16.3. The molecule has 0 bridgehead atoms. The van der Waals surface area contributed by atoms with Crippen LogP contribution in [0, 0.1) is 27.2 Å². The Morgan fingerprint density at radius 1 is 0.778 bits per heavy atom. The second-order valence-electron chi connectivity index (χ2n) is 13.7. The number of hydrogen-bond acceptors (Lipinski definition) is 4. The molecule has 0 fully saturated rings. The lowest BCUT2D eigenvalue weighted by atomic mass is 9.92. The Bertz CT molecular complexity index is 2370. The van der Waals surface area contributed by atoms with Crippen LogP contribution in [-0.2, 0) is 17.9 Å². The van der Waals surface area contributed by atoms with Crippen LogP contribution in [0.2, 0.25) is 0 Å². The van der Waals surface area contributed by atoms with Crippen LogP contribution < -0.4 is 4.57 Å². The molecule has 0 aliphatic carbocycles. The van der Waals surface area contributed by atoms with Gasteiger partial charge in [-0.05, 0) is 55.0 Å². The molecule has 3 aromatic heterocycles. The molecule has 3 heterocycles. The number of pyridine rings is 1. The molecule has 6 rings (SSSR count). The Morgan fingerprint density at radius 2 is 1.47 bits per heavy atom. The maximum absolute atomic E-state index is 8.63. The fourth-order valence-corrected chi connectivity index (χ4v) is 5.53. The smallest absolute Gasteiger partial charge is 0.216 e. The topological polar surface area (TPSA) is 60.1 Å². The Kier molecular flexibility index (Phi) is 5.55. The standard InChI is InChI=1S/C39H40N5O/c1-22-12-15-29-28-17-14-26(40-10)19-32(28)45-34(29)33(22)31-20-30(24(3)21-44(31)11)27-16-13-25(18-23(27)2)35-41-36(38(4,5)6)43-37(42-35)39(7,8)9/h12-21H,1-9,11H3/q+1/i2D3,3D3. The van der Waals surface area contributed by atoms with E-state index in [0.717, 1.165) is 21.9 Å². The number of furan rings is 1. The van der Waals surface area contributed by atoms with Gasteiger partial charge in [-0.15, -0.1) is 0 Å².